The highest BCUT2D eigenvalue weighted by molar-refractivity contribution is 6.04. The van der Waals surface area contributed by atoms with Crippen molar-refractivity contribution in [3.05, 3.63) is 35.9 Å². The molecular formula is C24H38O4. The highest BCUT2D eigenvalue weighted by Crippen LogP contribution is 2.31. The molecule has 158 valence electrons. The van der Waals surface area contributed by atoms with Crippen molar-refractivity contribution < 1.29 is 19.8 Å². The maximum Gasteiger partial charge on any atom is 0.325 e. The molecule has 2 N–H and O–H groups in total. The van der Waals surface area contributed by atoms with Crippen LogP contribution in [0.2, 0.25) is 0 Å². The molecule has 4 heteroatoms. The lowest BCUT2D eigenvalue weighted by molar-refractivity contribution is -0.158. The minimum Gasteiger partial charge on any atom is -0.480 e. The molecule has 0 saturated heterocycles. The third-order valence-corrected chi connectivity index (χ3v) is 5.65. The Kier molecular flexibility index (Phi) is 12.3. The molecule has 0 aliphatic heterocycles. The van der Waals surface area contributed by atoms with E-state index < -0.39 is 17.4 Å². The maximum atomic E-state index is 11.8. The molecule has 1 aromatic carbocycles. The monoisotopic (exact) mass is 390 g/mol. The SMILES string of the molecule is CCCCCCCCCCCCCCCC(C(=O)O)(C(=O)O)c1ccccc1. The number of benzene rings is 1. The highest BCUT2D eigenvalue weighted by atomic mass is 16.4. The zero-order valence-electron chi connectivity index (χ0n) is 17.5. The van der Waals surface area contributed by atoms with Crippen LogP contribution in [0.1, 0.15) is 102 Å². The van der Waals surface area contributed by atoms with Crippen LogP contribution in [0, 0.1) is 0 Å². The van der Waals surface area contributed by atoms with Crippen LogP contribution in [0.5, 0.6) is 0 Å². The predicted molar refractivity (Wildman–Crippen MR) is 114 cm³/mol. The van der Waals surface area contributed by atoms with Gasteiger partial charge >= 0.3 is 11.9 Å². The van der Waals surface area contributed by atoms with Gasteiger partial charge in [-0.3, -0.25) is 9.59 Å². The van der Waals surface area contributed by atoms with Gasteiger partial charge in [-0.25, -0.2) is 0 Å². The summed E-state index contributed by atoms with van der Waals surface area (Å²) in [5.74, 6) is -2.55. The van der Waals surface area contributed by atoms with Crippen LogP contribution >= 0.6 is 0 Å². The summed E-state index contributed by atoms with van der Waals surface area (Å²) in [6.45, 7) is 2.24. The lowest BCUT2D eigenvalue weighted by Gasteiger charge is -2.25. The number of carboxylic acid groups (broad SMARTS) is 2. The van der Waals surface area contributed by atoms with Gasteiger partial charge in [0.25, 0.3) is 0 Å². The Balaban J connectivity index is 2.24. The van der Waals surface area contributed by atoms with Crippen molar-refractivity contribution in [3.63, 3.8) is 0 Å². The fourth-order valence-electron chi connectivity index (χ4n) is 3.83. The first-order chi connectivity index (χ1) is 13.6. The Morgan fingerprint density at radius 1 is 0.679 bits per heavy atom. The Morgan fingerprint density at radius 3 is 1.46 bits per heavy atom. The second-order valence-electron chi connectivity index (χ2n) is 7.87. The van der Waals surface area contributed by atoms with Gasteiger partial charge in [-0.1, -0.05) is 121 Å². The summed E-state index contributed by atoms with van der Waals surface area (Å²) in [5.41, 5.74) is -1.48. The number of hydrogen-bond acceptors (Lipinski definition) is 2. The average Bonchev–Trinajstić information content (AvgIpc) is 2.68. The minimum atomic E-state index is -1.83. The summed E-state index contributed by atoms with van der Waals surface area (Å²) >= 11 is 0. The van der Waals surface area contributed by atoms with Crippen LogP contribution in [0.3, 0.4) is 0 Å². The van der Waals surface area contributed by atoms with E-state index in [4.69, 9.17) is 0 Å². The van der Waals surface area contributed by atoms with Crippen LogP contribution < -0.4 is 0 Å². The number of hydrogen-bond donors (Lipinski definition) is 2. The average molecular weight is 391 g/mol. The molecule has 0 amide bonds. The van der Waals surface area contributed by atoms with E-state index in [0.717, 1.165) is 19.3 Å². The third-order valence-electron chi connectivity index (χ3n) is 5.65. The Morgan fingerprint density at radius 2 is 1.07 bits per heavy atom. The molecule has 0 bridgehead atoms. The molecule has 28 heavy (non-hydrogen) atoms. The zero-order chi connectivity index (χ0) is 20.7. The van der Waals surface area contributed by atoms with Gasteiger partial charge in [0.05, 0.1) is 0 Å². The van der Waals surface area contributed by atoms with E-state index in [1.807, 2.05) is 0 Å². The summed E-state index contributed by atoms with van der Waals surface area (Å²) in [6.07, 6.45) is 15.7. The molecule has 1 aromatic rings. The lowest BCUT2D eigenvalue weighted by atomic mass is 9.76. The minimum absolute atomic E-state index is 0.138. The molecule has 0 heterocycles. The molecule has 0 aliphatic rings. The second kappa shape index (κ2) is 14.2. The molecular weight excluding hydrogens is 352 g/mol. The van der Waals surface area contributed by atoms with Crippen molar-refractivity contribution in [1.82, 2.24) is 0 Å². The summed E-state index contributed by atoms with van der Waals surface area (Å²) in [6, 6.07) is 8.36. The zero-order valence-corrected chi connectivity index (χ0v) is 17.5. The smallest absolute Gasteiger partial charge is 0.325 e. The van der Waals surface area contributed by atoms with Gasteiger partial charge in [-0.2, -0.15) is 0 Å². The third kappa shape index (κ3) is 8.04. The molecule has 1 rings (SSSR count). The largest absolute Gasteiger partial charge is 0.480 e. The Bertz CT molecular complexity index is 539. The molecule has 4 nitrogen and oxygen atoms in total. The second-order valence-corrected chi connectivity index (χ2v) is 7.87. The molecule has 0 radical (unpaired) electrons. The maximum absolute atomic E-state index is 11.8. The van der Waals surface area contributed by atoms with E-state index in [-0.39, 0.29) is 6.42 Å². The number of carbonyl (C=O) groups is 2. The van der Waals surface area contributed by atoms with Crippen molar-refractivity contribution in [1.29, 1.82) is 0 Å². The number of carboxylic acids is 2. The van der Waals surface area contributed by atoms with E-state index in [9.17, 15) is 19.8 Å². The first-order valence-electron chi connectivity index (χ1n) is 11.1. The van der Waals surface area contributed by atoms with Crippen molar-refractivity contribution in [2.75, 3.05) is 0 Å². The van der Waals surface area contributed by atoms with E-state index in [2.05, 4.69) is 6.92 Å². The summed E-state index contributed by atoms with van der Waals surface area (Å²) in [4.78, 5) is 23.7. The van der Waals surface area contributed by atoms with Crippen molar-refractivity contribution in [2.24, 2.45) is 0 Å². The van der Waals surface area contributed by atoms with Gasteiger partial charge in [-0.05, 0) is 12.0 Å². The van der Waals surface area contributed by atoms with Gasteiger partial charge in [0.15, 0.2) is 5.41 Å². The van der Waals surface area contributed by atoms with E-state index in [0.29, 0.717) is 12.0 Å². The fraction of sp³-hybridized carbons (Fsp3) is 0.667. The van der Waals surface area contributed by atoms with E-state index >= 15 is 0 Å². The van der Waals surface area contributed by atoms with Crippen LogP contribution in [-0.2, 0) is 15.0 Å². The van der Waals surface area contributed by atoms with Crippen LogP contribution in [0.25, 0.3) is 0 Å². The molecule has 0 aromatic heterocycles. The first-order valence-corrected chi connectivity index (χ1v) is 11.1. The van der Waals surface area contributed by atoms with E-state index in [1.54, 1.807) is 30.3 Å². The highest BCUT2D eigenvalue weighted by Gasteiger charge is 2.47. The summed E-state index contributed by atoms with van der Waals surface area (Å²) in [5, 5.41) is 19.3. The molecule has 0 aliphatic carbocycles. The van der Waals surface area contributed by atoms with E-state index in [1.165, 1.54) is 57.8 Å². The number of rotatable bonds is 17. The Labute approximate surface area is 170 Å². The number of unbranched alkanes of at least 4 members (excludes halogenated alkanes) is 12. The van der Waals surface area contributed by atoms with Gasteiger partial charge in [0.2, 0.25) is 0 Å². The summed E-state index contributed by atoms with van der Waals surface area (Å²) < 4.78 is 0. The van der Waals surface area contributed by atoms with Crippen LogP contribution in [0.15, 0.2) is 30.3 Å². The van der Waals surface area contributed by atoms with Gasteiger partial charge in [0, 0.05) is 0 Å². The Hall–Kier alpha value is -1.84. The van der Waals surface area contributed by atoms with Gasteiger partial charge in [0.1, 0.15) is 0 Å². The van der Waals surface area contributed by atoms with Crippen molar-refractivity contribution >= 4 is 11.9 Å². The number of aliphatic carboxylic acids is 2. The van der Waals surface area contributed by atoms with Gasteiger partial charge < -0.3 is 10.2 Å². The molecule has 0 spiro atoms. The first kappa shape index (κ1) is 24.2. The van der Waals surface area contributed by atoms with Crippen LogP contribution in [0.4, 0.5) is 0 Å². The predicted octanol–water partition coefficient (Wildman–Crippen LogP) is 6.57. The van der Waals surface area contributed by atoms with Gasteiger partial charge in [-0.15, -0.1) is 0 Å². The quantitative estimate of drug-likeness (QED) is 0.233. The van der Waals surface area contributed by atoms with Crippen molar-refractivity contribution in [3.8, 4) is 0 Å². The van der Waals surface area contributed by atoms with Crippen LogP contribution in [-0.4, -0.2) is 22.2 Å². The standard InChI is InChI=1S/C24H38O4/c1-2-3-4-5-6-7-8-9-10-11-12-13-17-20-24(22(25)26,23(27)28)21-18-15-14-16-19-21/h14-16,18-19H,2-13,17,20H2,1H3,(H,25,26)(H,27,28). The molecule has 0 saturated carbocycles. The summed E-state index contributed by atoms with van der Waals surface area (Å²) in [7, 11) is 0. The fourth-order valence-corrected chi connectivity index (χ4v) is 3.83. The normalized spacial score (nSPS) is 11.5. The lowest BCUT2D eigenvalue weighted by Crippen LogP contribution is -2.43. The topological polar surface area (TPSA) is 74.6 Å². The molecule has 0 unspecified atom stereocenters. The van der Waals surface area contributed by atoms with Crippen molar-refractivity contribution in [2.45, 2.75) is 102 Å². The molecule has 0 fully saturated rings. The molecule has 0 atom stereocenters.